The highest BCUT2D eigenvalue weighted by Crippen LogP contribution is 2.42. The lowest BCUT2D eigenvalue weighted by Gasteiger charge is -2.34. The zero-order valence-corrected chi connectivity index (χ0v) is 18.6. The Morgan fingerprint density at radius 3 is 2.74 bits per heavy atom. The second-order valence-corrected chi connectivity index (χ2v) is 9.03. The number of carbonyl (C=O) groups excluding carboxylic acids is 2. The predicted molar refractivity (Wildman–Crippen MR) is 116 cm³/mol. The van der Waals surface area contributed by atoms with E-state index in [9.17, 15) is 14.0 Å². The Hall–Kier alpha value is -2.70. The molecule has 2 saturated heterocycles. The van der Waals surface area contributed by atoms with Crippen LogP contribution < -0.4 is 5.32 Å². The van der Waals surface area contributed by atoms with Crippen LogP contribution in [0, 0.1) is 26.6 Å². The van der Waals surface area contributed by atoms with Gasteiger partial charge in [-0.25, -0.2) is 4.39 Å². The van der Waals surface area contributed by atoms with Gasteiger partial charge in [0.25, 0.3) is 0 Å². The molecule has 0 radical (unpaired) electrons. The van der Waals surface area contributed by atoms with Crippen molar-refractivity contribution in [1.29, 1.82) is 0 Å². The summed E-state index contributed by atoms with van der Waals surface area (Å²) in [7, 11) is 0. The third kappa shape index (κ3) is 4.10. The first kappa shape index (κ1) is 21.5. The lowest BCUT2D eigenvalue weighted by Crippen LogP contribution is -2.53. The molecule has 2 aromatic rings. The van der Waals surface area contributed by atoms with E-state index in [0.29, 0.717) is 38.0 Å². The summed E-state index contributed by atoms with van der Waals surface area (Å²) < 4.78 is 16.6. The highest BCUT2D eigenvalue weighted by Gasteiger charge is 2.50. The zero-order valence-electron chi connectivity index (χ0n) is 18.6. The molecule has 0 aliphatic carbocycles. The van der Waals surface area contributed by atoms with Gasteiger partial charge in [0.2, 0.25) is 11.8 Å². The maximum absolute atomic E-state index is 14.7. The Labute approximate surface area is 182 Å². The molecule has 2 fully saturated rings. The van der Waals surface area contributed by atoms with Crippen molar-refractivity contribution in [2.75, 3.05) is 13.1 Å². The summed E-state index contributed by atoms with van der Waals surface area (Å²) in [4.78, 5) is 27.4. The van der Waals surface area contributed by atoms with Gasteiger partial charge >= 0.3 is 0 Å². The van der Waals surface area contributed by atoms with E-state index in [-0.39, 0.29) is 23.5 Å². The van der Waals surface area contributed by atoms with Crippen LogP contribution in [0.2, 0.25) is 0 Å². The first-order valence-corrected chi connectivity index (χ1v) is 11.1. The number of rotatable bonds is 4. The van der Waals surface area contributed by atoms with Gasteiger partial charge in [-0.3, -0.25) is 14.3 Å². The maximum Gasteiger partial charge on any atom is 0.224 e. The van der Waals surface area contributed by atoms with Crippen molar-refractivity contribution >= 4 is 11.8 Å². The van der Waals surface area contributed by atoms with Crippen LogP contribution in [0.25, 0.3) is 0 Å². The number of benzene rings is 1. The van der Waals surface area contributed by atoms with Crippen LogP contribution in [-0.2, 0) is 16.1 Å². The van der Waals surface area contributed by atoms with Crippen molar-refractivity contribution in [1.82, 2.24) is 20.0 Å². The van der Waals surface area contributed by atoms with Gasteiger partial charge in [-0.05, 0) is 50.8 Å². The SMILES string of the molecule is Cc1nn(CCC(=O)N2C[C@@H](c3ccccc3F)[C@@]3(CCCCC(=O)N3)C2)c(C)c1C. The average molecular weight is 427 g/mol. The maximum atomic E-state index is 14.7. The largest absolute Gasteiger partial charge is 0.348 e. The minimum absolute atomic E-state index is 0.00810. The summed E-state index contributed by atoms with van der Waals surface area (Å²) >= 11 is 0. The van der Waals surface area contributed by atoms with Gasteiger partial charge in [0.05, 0.1) is 11.2 Å². The summed E-state index contributed by atoms with van der Waals surface area (Å²) in [5.74, 6) is -0.526. The Kier molecular flexibility index (Phi) is 5.86. The first-order chi connectivity index (χ1) is 14.8. The van der Waals surface area contributed by atoms with Crippen LogP contribution in [0.1, 0.15) is 60.5 Å². The molecule has 0 bridgehead atoms. The number of nitrogens with zero attached hydrogens (tertiary/aromatic N) is 3. The highest BCUT2D eigenvalue weighted by molar-refractivity contribution is 5.79. The molecule has 6 nitrogen and oxygen atoms in total. The molecule has 2 aliphatic heterocycles. The van der Waals surface area contributed by atoms with E-state index in [1.54, 1.807) is 17.0 Å². The van der Waals surface area contributed by atoms with Gasteiger partial charge < -0.3 is 10.2 Å². The molecule has 0 saturated carbocycles. The molecule has 166 valence electrons. The Bertz CT molecular complexity index is 1000. The summed E-state index contributed by atoms with van der Waals surface area (Å²) in [5.41, 5.74) is 3.16. The number of hydrogen-bond donors (Lipinski definition) is 1. The molecule has 3 heterocycles. The van der Waals surface area contributed by atoms with Crippen LogP contribution in [0.5, 0.6) is 0 Å². The van der Waals surface area contributed by atoms with Crippen molar-refractivity contribution in [3.63, 3.8) is 0 Å². The van der Waals surface area contributed by atoms with Crippen molar-refractivity contribution < 1.29 is 14.0 Å². The fraction of sp³-hybridized carbons (Fsp3) is 0.542. The number of hydrogen-bond acceptors (Lipinski definition) is 3. The minimum atomic E-state index is -0.611. The molecule has 2 atom stereocenters. The number of halogens is 1. The Morgan fingerprint density at radius 1 is 1.26 bits per heavy atom. The van der Waals surface area contributed by atoms with Crippen molar-refractivity contribution in [2.45, 2.75) is 70.9 Å². The number of amides is 2. The van der Waals surface area contributed by atoms with E-state index in [1.165, 1.54) is 6.07 Å². The van der Waals surface area contributed by atoms with Crippen LogP contribution in [0.4, 0.5) is 4.39 Å². The van der Waals surface area contributed by atoms with Crippen LogP contribution in [0.3, 0.4) is 0 Å². The molecule has 7 heteroatoms. The molecule has 2 aliphatic rings. The van der Waals surface area contributed by atoms with Gasteiger partial charge in [-0.1, -0.05) is 24.6 Å². The van der Waals surface area contributed by atoms with Gasteiger partial charge in [0, 0.05) is 44.1 Å². The van der Waals surface area contributed by atoms with Crippen molar-refractivity contribution in [3.05, 3.63) is 52.6 Å². The number of aryl methyl sites for hydroxylation is 2. The second kappa shape index (κ2) is 8.44. The van der Waals surface area contributed by atoms with Crippen LogP contribution in [-0.4, -0.2) is 45.1 Å². The average Bonchev–Trinajstić information content (AvgIpc) is 3.14. The van der Waals surface area contributed by atoms with E-state index in [4.69, 9.17) is 0 Å². The molecule has 1 aromatic heterocycles. The molecule has 4 rings (SSSR count). The standard InChI is InChI=1S/C24H31FN4O2/c1-16-17(2)27-29(18(16)3)13-11-23(31)28-14-20(19-8-4-5-9-21(19)25)24(15-28)12-7-6-10-22(30)26-24/h4-5,8-9,20H,6-7,10-15H2,1-3H3,(H,26,30)/t20-,24+/m0/s1. The summed E-state index contributed by atoms with van der Waals surface area (Å²) in [6.07, 6.45) is 3.27. The quantitative estimate of drug-likeness (QED) is 0.815. The third-order valence-electron chi connectivity index (χ3n) is 7.12. The van der Waals surface area contributed by atoms with E-state index >= 15 is 0 Å². The van der Waals surface area contributed by atoms with Gasteiger partial charge in [-0.15, -0.1) is 0 Å². The summed E-state index contributed by atoms with van der Waals surface area (Å²) in [6.45, 7) is 7.37. The fourth-order valence-electron chi connectivity index (χ4n) is 5.13. The Balaban J connectivity index is 1.56. The lowest BCUT2D eigenvalue weighted by molar-refractivity contribution is -0.131. The van der Waals surface area contributed by atoms with Crippen molar-refractivity contribution in [2.24, 2.45) is 0 Å². The summed E-state index contributed by atoms with van der Waals surface area (Å²) in [6, 6.07) is 6.73. The third-order valence-corrected chi connectivity index (χ3v) is 7.12. The van der Waals surface area contributed by atoms with E-state index in [0.717, 1.165) is 36.2 Å². The number of carbonyl (C=O) groups is 2. The number of nitrogens with one attached hydrogen (secondary N) is 1. The van der Waals surface area contributed by atoms with Gasteiger partial charge in [-0.2, -0.15) is 5.10 Å². The molecular weight excluding hydrogens is 395 g/mol. The fourth-order valence-corrected chi connectivity index (χ4v) is 5.13. The monoisotopic (exact) mass is 426 g/mol. The minimum Gasteiger partial charge on any atom is -0.348 e. The molecule has 1 aromatic carbocycles. The normalized spacial score (nSPS) is 23.8. The van der Waals surface area contributed by atoms with Crippen LogP contribution in [0.15, 0.2) is 24.3 Å². The number of likely N-dealkylation sites (tertiary alicyclic amines) is 1. The molecule has 1 N–H and O–H groups in total. The lowest BCUT2D eigenvalue weighted by atomic mass is 9.78. The zero-order chi connectivity index (χ0) is 22.2. The topological polar surface area (TPSA) is 67.2 Å². The molecule has 1 spiro atoms. The van der Waals surface area contributed by atoms with E-state index in [2.05, 4.69) is 10.4 Å². The van der Waals surface area contributed by atoms with Gasteiger partial charge in [0.1, 0.15) is 5.82 Å². The highest BCUT2D eigenvalue weighted by atomic mass is 19.1. The van der Waals surface area contributed by atoms with Gasteiger partial charge in [0.15, 0.2) is 0 Å². The molecule has 31 heavy (non-hydrogen) atoms. The Morgan fingerprint density at radius 2 is 2.03 bits per heavy atom. The van der Waals surface area contributed by atoms with Crippen LogP contribution >= 0.6 is 0 Å². The molecule has 0 unspecified atom stereocenters. The van der Waals surface area contributed by atoms with E-state index in [1.807, 2.05) is 31.5 Å². The molecular formula is C24H31FN4O2. The second-order valence-electron chi connectivity index (χ2n) is 9.03. The summed E-state index contributed by atoms with van der Waals surface area (Å²) in [5, 5.41) is 7.72. The smallest absolute Gasteiger partial charge is 0.224 e. The number of aromatic nitrogens is 2. The van der Waals surface area contributed by atoms with Crippen molar-refractivity contribution in [3.8, 4) is 0 Å². The first-order valence-electron chi connectivity index (χ1n) is 11.1. The van der Waals surface area contributed by atoms with E-state index < -0.39 is 5.54 Å². The molecule has 2 amide bonds. The predicted octanol–water partition coefficient (Wildman–Crippen LogP) is 3.39.